The maximum atomic E-state index is 12.5. The van der Waals surface area contributed by atoms with Crippen molar-refractivity contribution in [2.24, 2.45) is 13.0 Å². The van der Waals surface area contributed by atoms with Crippen LogP contribution in [0.5, 0.6) is 0 Å². The van der Waals surface area contributed by atoms with Gasteiger partial charge in [-0.15, -0.1) is 0 Å². The van der Waals surface area contributed by atoms with E-state index < -0.39 is 0 Å². The molecule has 5 heteroatoms. The number of hydrogen-bond acceptors (Lipinski definition) is 3. The molecule has 154 valence electrons. The number of fused-ring (bicyclic) bond motifs is 2. The number of rotatable bonds is 6. The van der Waals surface area contributed by atoms with Crippen molar-refractivity contribution < 1.29 is 4.79 Å². The smallest absolute Gasteiger partial charge is 0.220 e. The molecular weight excluding hydrogens is 360 g/mol. The Morgan fingerprint density at radius 3 is 2.76 bits per heavy atom. The van der Waals surface area contributed by atoms with Crippen LogP contribution in [0.25, 0.3) is 0 Å². The molecule has 2 fully saturated rings. The van der Waals surface area contributed by atoms with Gasteiger partial charge in [0.2, 0.25) is 5.91 Å². The van der Waals surface area contributed by atoms with Crippen molar-refractivity contribution in [1.29, 1.82) is 0 Å². The van der Waals surface area contributed by atoms with Crippen LogP contribution in [0.2, 0.25) is 0 Å². The van der Waals surface area contributed by atoms with Crippen LogP contribution in [0.3, 0.4) is 0 Å². The molecule has 29 heavy (non-hydrogen) atoms. The van der Waals surface area contributed by atoms with Gasteiger partial charge in [0, 0.05) is 38.3 Å². The molecule has 1 atom stereocenters. The Balaban J connectivity index is 1.25. The van der Waals surface area contributed by atoms with Crippen molar-refractivity contribution in [2.45, 2.75) is 56.4 Å². The molecule has 1 aromatic heterocycles. The van der Waals surface area contributed by atoms with E-state index in [1.165, 1.54) is 42.4 Å². The van der Waals surface area contributed by atoms with Crippen LogP contribution < -0.4 is 5.32 Å². The van der Waals surface area contributed by atoms with Crippen molar-refractivity contribution in [3.63, 3.8) is 0 Å². The summed E-state index contributed by atoms with van der Waals surface area (Å²) in [7, 11) is 1.98. The van der Waals surface area contributed by atoms with E-state index in [1.807, 2.05) is 17.9 Å². The summed E-state index contributed by atoms with van der Waals surface area (Å²) in [5.74, 6) is 1.35. The molecule has 1 aliphatic heterocycles. The van der Waals surface area contributed by atoms with E-state index in [4.69, 9.17) is 0 Å². The third kappa shape index (κ3) is 3.97. The van der Waals surface area contributed by atoms with Crippen molar-refractivity contribution in [1.82, 2.24) is 20.0 Å². The lowest BCUT2D eigenvalue weighted by Gasteiger charge is -2.40. The second-order valence-corrected chi connectivity index (χ2v) is 9.52. The minimum atomic E-state index is 0.239. The van der Waals surface area contributed by atoms with Gasteiger partial charge in [-0.1, -0.05) is 24.3 Å². The van der Waals surface area contributed by atoms with Gasteiger partial charge in [0.1, 0.15) is 0 Å². The quantitative estimate of drug-likeness (QED) is 0.820. The van der Waals surface area contributed by atoms with Crippen molar-refractivity contribution in [3.8, 4) is 0 Å². The molecule has 3 aliphatic rings. The van der Waals surface area contributed by atoms with E-state index >= 15 is 0 Å². The van der Waals surface area contributed by atoms with Crippen LogP contribution in [-0.4, -0.2) is 40.2 Å². The summed E-state index contributed by atoms with van der Waals surface area (Å²) in [6.07, 6.45) is 10.8. The summed E-state index contributed by atoms with van der Waals surface area (Å²) in [4.78, 5) is 15.1. The predicted octanol–water partition coefficient (Wildman–Crippen LogP) is 3.36. The highest BCUT2D eigenvalue weighted by atomic mass is 16.1. The van der Waals surface area contributed by atoms with E-state index in [2.05, 4.69) is 45.8 Å². The normalized spacial score (nSPS) is 23.3. The lowest BCUT2D eigenvalue weighted by atomic mass is 9.73. The van der Waals surface area contributed by atoms with Crippen LogP contribution >= 0.6 is 0 Å². The molecule has 1 saturated heterocycles. The van der Waals surface area contributed by atoms with Crippen LogP contribution in [0.1, 0.15) is 61.1 Å². The number of hydrogen-bond donors (Lipinski definition) is 1. The molecule has 2 aromatic rings. The van der Waals surface area contributed by atoms with Crippen molar-refractivity contribution >= 4 is 5.91 Å². The second kappa shape index (κ2) is 7.60. The molecule has 1 unspecified atom stereocenters. The van der Waals surface area contributed by atoms with Gasteiger partial charge in [0.25, 0.3) is 0 Å². The number of amides is 1. The number of benzene rings is 1. The molecule has 1 aromatic carbocycles. The highest BCUT2D eigenvalue weighted by Gasteiger charge is 2.45. The van der Waals surface area contributed by atoms with Crippen LogP contribution in [0.4, 0.5) is 0 Å². The Kier molecular flexibility index (Phi) is 4.94. The van der Waals surface area contributed by atoms with Gasteiger partial charge in [-0.05, 0) is 73.6 Å². The summed E-state index contributed by atoms with van der Waals surface area (Å²) in [5, 5.41) is 7.48. The minimum Gasteiger partial charge on any atom is -0.356 e. The van der Waals surface area contributed by atoms with Gasteiger partial charge in [0.05, 0.1) is 6.20 Å². The molecule has 0 radical (unpaired) electrons. The fraction of sp³-hybridized carbons (Fsp3) is 0.583. The highest BCUT2D eigenvalue weighted by Crippen LogP contribution is 2.52. The Morgan fingerprint density at radius 2 is 2.03 bits per heavy atom. The molecule has 2 aliphatic carbocycles. The van der Waals surface area contributed by atoms with Gasteiger partial charge in [-0.3, -0.25) is 14.4 Å². The number of nitrogens with one attached hydrogen (secondary N) is 1. The summed E-state index contributed by atoms with van der Waals surface area (Å²) >= 11 is 0. The fourth-order valence-corrected chi connectivity index (χ4v) is 5.51. The van der Waals surface area contributed by atoms with Crippen LogP contribution in [-0.2, 0) is 23.8 Å². The zero-order valence-electron chi connectivity index (χ0n) is 17.4. The number of nitrogens with zero attached hydrogens (tertiary/aromatic N) is 3. The number of carbonyl (C=O) groups excluding carboxylic acids is 1. The molecule has 5 rings (SSSR count). The average Bonchev–Trinajstić information content (AvgIpc) is 3.41. The van der Waals surface area contributed by atoms with Gasteiger partial charge in [0.15, 0.2) is 0 Å². The number of likely N-dealkylation sites (tertiary alicyclic amines) is 1. The summed E-state index contributed by atoms with van der Waals surface area (Å²) < 4.78 is 1.88. The third-order valence-electron chi connectivity index (χ3n) is 7.30. The van der Waals surface area contributed by atoms with E-state index in [-0.39, 0.29) is 11.3 Å². The number of aryl methyl sites for hydroxylation is 1. The molecular formula is C24H32N4O. The summed E-state index contributed by atoms with van der Waals surface area (Å²) in [5.41, 5.74) is 4.49. The molecule has 1 spiro atoms. The Morgan fingerprint density at radius 1 is 1.24 bits per heavy atom. The number of aromatic nitrogens is 2. The maximum Gasteiger partial charge on any atom is 0.220 e. The zero-order valence-corrected chi connectivity index (χ0v) is 17.4. The topological polar surface area (TPSA) is 50.2 Å². The van der Waals surface area contributed by atoms with Crippen LogP contribution in [0, 0.1) is 5.92 Å². The molecule has 1 amide bonds. The van der Waals surface area contributed by atoms with E-state index in [0.717, 1.165) is 38.5 Å². The number of carbonyl (C=O) groups is 1. The van der Waals surface area contributed by atoms with E-state index in [1.54, 1.807) is 0 Å². The lowest BCUT2D eigenvalue weighted by molar-refractivity contribution is -0.121. The van der Waals surface area contributed by atoms with Gasteiger partial charge in [-0.2, -0.15) is 5.10 Å². The standard InChI is InChI=1S/C24H32N4O/c1-27-16-19(15-26-27)17-28-10-8-24(9-11-28)13-20(21-4-2-3-5-22(21)24)12-23(29)25-14-18-6-7-18/h2-5,15-16,18,20H,6-14,17H2,1H3,(H,25,29). The van der Waals surface area contributed by atoms with Crippen LogP contribution in [0.15, 0.2) is 36.7 Å². The molecule has 0 bridgehead atoms. The molecule has 5 nitrogen and oxygen atoms in total. The zero-order chi connectivity index (χ0) is 19.8. The minimum absolute atomic E-state index is 0.239. The third-order valence-corrected chi connectivity index (χ3v) is 7.30. The molecule has 1 saturated carbocycles. The largest absolute Gasteiger partial charge is 0.356 e. The van der Waals surface area contributed by atoms with E-state index in [0.29, 0.717) is 12.3 Å². The summed E-state index contributed by atoms with van der Waals surface area (Å²) in [6.45, 7) is 4.09. The van der Waals surface area contributed by atoms with E-state index in [9.17, 15) is 4.79 Å². The van der Waals surface area contributed by atoms with Gasteiger partial charge in [-0.25, -0.2) is 0 Å². The monoisotopic (exact) mass is 392 g/mol. The Hall–Kier alpha value is -2.14. The SMILES string of the molecule is Cn1cc(CN2CCC3(CC2)CC(CC(=O)NCC2CC2)c2ccccc23)cn1. The maximum absolute atomic E-state index is 12.5. The lowest BCUT2D eigenvalue weighted by Crippen LogP contribution is -2.41. The highest BCUT2D eigenvalue weighted by molar-refractivity contribution is 5.77. The van der Waals surface area contributed by atoms with Crippen molar-refractivity contribution in [3.05, 3.63) is 53.3 Å². The van der Waals surface area contributed by atoms with Crippen molar-refractivity contribution in [2.75, 3.05) is 19.6 Å². The average molecular weight is 393 g/mol. The second-order valence-electron chi connectivity index (χ2n) is 9.52. The predicted molar refractivity (Wildman–Crippen MR) is 114 cm³/mol. The summed E-state index contributed by atoms with van der Waals surface area (Å²) in [6, 6.07) is 8.92. The van der Waals surface area contributed by atoms with Gasteiger partial charge >= 0.3 is 0 Å². The first-order valence-corrected chi connectivity index (χ1v) is 11.2. The Labute approximate surface area is 173 Å². The first-order chi connectivity index (χ1) is 14.1. The molecule has 1 N–H and O–H groups in total. The number of piperidine rings is 1. The first kappa shape index (κ1) is 18.9. The fourth-order valence-electron chi connectivity index (χ4n) is 5.51. The van der Waals surface area contributed by atoms with Gasteiger partial charge < -0.3 is 5.32 Å². The first-order valence-electron chi connectivity index (χ1n) is 11.2. The molecule has 2 heterocycles. The Bertz CT molecular complexity index is 877.